The van der Waals surface area contributed by atoms with Gasteiger partial charge in [0.2, 0.25) is 0 Å². The van der Waals surface area contributed by atoms with E-state index in [1.54, 1.807) is 6.92 Å². The van der Waals surface area contributed by atoms with Crippen LogP contribution in [-0.2, 0) is 5.67 Å². The average molecular weight is 221 g/mol. The first kappa shape index (κ1) is 11.6. The highest BCUT2D eigenvalue weighted by molar-refractivity contribution is 5.26. The number of hydrogen-bond acceptors (Lipinski definition) is 1. The largest absolute Gasteiger partial charge is 0.316 e. The Morgan fingerprint density at radius 1 is 1.38 bits per heavy atom. The molecule has 0 aliphatic carbocycles. The van der Waals surface area contributed by atoms with E-state index in [2.05, 4.69) is 5.32 Å². The van der Waals surface area contributed by atoms with E-state index in [-0.39, 0.29) is 0 Å². The molecule has 1 aromatic carbocycles. The molecule has 0 aromatic heterocycles. The topological polar surface area (TPSA) is 12.0 Å². The van der Waals surface area contributed by atoms with Gasteiger partial charge in [-0.2, -0.15) is 0 Å². The fourth-order valence-electron chi connectivity index (χ4n) is 2.45. The van der Waals surface area contributed by atoms with Crippen LogP contribution in [0, 0.1) is 12.8 Å². The minimum Gasteiger partial charge on any atom is -0.316 e. The number of nitrogens with one attached hydrogen (secondary N) is 1. The standard InChI is InChI=1S/C14H20FN/c1-11-3-5-13(6-4-11)14(2,15)9-12-7-8-16-10-12/h3-6,12,16H,7-10H2,1-2H3. The lowest BCUT2D eigenvalue weighted by molar-refractivity contribution is 0.150. The van der Waals surface area contributed by atoms with E-state index in [1.165, 1.54) is 5.56 Å². The van der Waals surface area contributed by atoms with Crippen LogP contribution in [0.3, 0.4) is 0 Å². The summed E-state index contributed by atoms with van der Waals surface area (Å²) in [6.07, 6.45) is 1.73. The molecule has 1 aromatic rings. The van der Waals surface area contributed by atoms with Crippen molar-refractivity contribution < 1.29 is 4.39 Å². The van der Waals surface area contributed by atoms with Gasteiger partial charge < -0.3 is 5.32 Å². The molecule has 1 aliphatic rings. The van der Waals surface area contributed by atoms with E-state index in [0.29, 0.717) is 12.3 Å². The van der Waals surface area contributed by atoms with Crippen LogP contribution in [0.2, 0.25) is 0 Å². The van der Waals surface area contributed by atoms with Crippen LogP contribution < -0.4 is 5.32 Å². The molecule has 2 heteroatoms. The van der Waals surface area contributed by atoms with Crippen LogP contribution in [0.1, 0.15) is 30.9 Å². The molecule has 0 spiro atoms. The van der Waals surface area contributed by atoms with Crippen LogP contribution in [0.25, 0.3) is 0 Å². The normalized spacial score (nSPS) is 24.3. The maximum absolute atomic E-state index is 14.6. The second kappa shape index (κ2) is 4.54. The van der Waals surface area contributed by atoms with Crippen molar-refractivity contribution in [1.29, 1.82) is 0 Å². The van der Waals surface area contributed by atoms with E-state index in [9.17, 15) is 4.39 Å². The first-order valence-electron chi connectivity index (χ1n) is 6.05. The lowest BCUT2D eigenvalue weighted by Crippen LogP contribution is -2.21. The quantitative estimate of drug-likeness (QED) is 0.826. The molecule has 1 saturated heterocycles. The number of halogens is 1. The summed E-state index contributed by atoms with van der Waals surface area (Å²) < 4.78 is 14.6. The van der Waals surface area contributed by atoms with Gasteiger partial charge in [0.05, 0.1) is 0 Å². The number of aryl methyl sites for hydroxylation is 1. The highest BCUT2D eigenvalue weighted by atomic mass is 19.1. The number of alkyl halides is 1. The first-order chi connectivity index (χ1) is 7.58. The van der Waals surface area contributed by atoms with Gasteiger partial charge in [-0.1, -0.05) is 29.8 Å². The molecule has 1 nitrogen and oxygen atoms in total. The third-order valence-electron chi connectivity index (χ3n) is 3.49. The van der Waals surface area contributed by atoms with Gasteiger partial charge in [-0.15, -0.1) is 0 Å². The molecule has 88 valence electrons. The molecule has 1 aliphatic heterocycles. The van der Waals surface area contributed by atoms with Crippen molar-refractivity contribution in [3.05, 3.63) is 35.4 Å². The zero-order valence-corrected chi connectivity index (χ0v) is 10.1. The van der Waals surface area contributed by atoms with Crippen molar-refractivity contribution in [2.24, 2.45) is 5.92 Å². The fourth-order valence-corrected chi connectivity index (χ4v) is 2.45. The van der Waals surface area contributed by atoms with E-state index < -0.39 is 5.67 Å². The van der Waals surface area contributed by atoms with E-state index in [0.717, 1.165) is 25.1 Å². The lowest BCUT2D eigenvalue weighted by atomic mass is 9.87. The lowest BCUT2D eigenvalue weighted by Gasteiger charge is -2.24. The summed E-state index contributed by atoms with van der Waals surface area (Å²) >= 11 is 0. The molecule has 0 bridgehead atoms. The fraction of sp³-hybridized carbons (Fsp3) is 0.571. The summed E-state index contributed by atoms with van der Waals surface area (Å²) in [6.45, 7) is 5.73. The van der Waals surface area contributed by atoms with Crippen LogP contribution in [-0.4, -0.2) is 13.1 Å². The summed E-state index contributed by atoms with van der Waals surface area (Å²) in [5, 5.41) is 3.29. The van der Waals surface area contributed by atoms with Crippen LogP contribution >= 0.6 is 0 Å². The zero-order chi connectivity index (χ0) is 11.6. The van der Waals surface area contributed by atoms with Gasteiger partial charge >= 0.3 is 0 Å². The molecule has 1 heterocycles. The predicted octanol–water partition coefficient (Wildman–Crippen LogP) is 3.18. The molecular weight excluding hydrogens is 201 g/mol. The third-order valence-corrected chi connectivity index (χ3v) is 3.49. The summed E-state index contributed by atoms with van der Waals surface area (Å²) in [5.74, 6) is 0.483. The smallest absolute Gasteiger partial charge is 0.133 e. The summed E-state index contributed by atoms with van der Waals surface area (Å²) in [7, 11) is 0. The Hall–Kier alpha value is -0.890. The van der Waals surface area contributed by atoms with Gasteiger partial charge in [-0.25, -0.2) is 4.39 Å². The second-order valence-electron chi connectivity index (χ2n) is 5.13. The van der Waals surface area contributed by atoms with Crippen molar-refractivity contribution in [1.82, 2.24) is 5.32 Å². The van der Waals surface area contributed by atoms with Gasteiger partial charge in [-0.3, -0.25) is 0 Å². The Balaban J connectivity index is 2.07. The first-order valence-corrected chi connectivity index (χ1v) is 6.05. The molecule has 1 N–H and O–H groups in total. The number of hydrogen-bond donors (Lipinski definition) is 1. The number of rotatable bonds is 3. The minimum absolute atomic E-state index is 0.483. The van der Waals surface area contributed by atoms with Crippen molar-refractivity contribution in [2.75, 3.05) is 13.1 Å². The molecule has 16 heavy (non-hydrogen) atoms. The van der Waals surface area contributed by atoms with Crippen molar-refractivity contribution in [3.63, 3.8) is 0 Å². The van der Waals surface area contributed by atoms with Crippen LogP contribution in [0.5, 0.6) is 0 Å². The van der Waals surface area contributed by atoms with E-state index in [1.807, 2.05) is 31.2 Å². The monoisotopic (exact) mass is 221 g/mol. The summed E-state index contributed by atoms with van der Waals surface area (Å²) in [5.41, 5.74) is 0.803. The Kier molecular flexibility index (Phi) is 3.29. The molecule has 1 fully saturated rings. The summed E-state index contributed by atoms with van der Waals surface area (Å²) in [6, 6.07) is 7.80. The molecule has 0 radical (unpaired) electrons. The molecule has 2 rings (SSSR count). The minimum atomic E-state index is -1.19. The molecule has 0 saturated carbocycles. The van der Waals surface area contributed by atoms with Crippen molar-refractivity contribution in [2.45, 2.75) is 32.4 Å². The molecule has 0 amide bonds. The second-order valence-corrected chi connectivity index (χ2v) is 5.13. The predicted molar refractivity (Wildman–Crippen MR) is 65.2 cm³/mol. The van der Waals surface area contributed by atoms with Crippen LogP contribution in [0.15, 0.2) is 24.3 Å². The van der Waals surface area contributed by atoms with Gasteiger partial charge in [0.25, 0.3) is 0 Å². The van der Waals surface area contributed by atoms with Crippen LogP contribution in [0.4, 0.5) is 4.39 Å². The maximum Gasteiger partial charge on any atom is 0.133 e. The van der Waals surface area contributed by atoms with Gasteiger partial charge in [0.15, 0.2) is 0 Å². The molecular formula is C14H20FN. The zero-order valence-electron chi connectivity index (χ0n) is 10.1. The van der Waals surface area contributed by atoms with Gasteiger partial charge in [-0.05, 0) is 51.3 Å². The Labute approximate surface area is 97.1 Å². The highest BCUT2D eigenvalue weighted by Crippen LogP contribution is 2.34. The van der Waals surface area contributed by atoms with Crippen molar-refractivity contribution in [3.8, 4) is 0 Å². The maximum atomic E-state index is 14.6. The van der Waals surface area contributed by atoms with E-state index >= 15 is 0 Å². The van der Waals surface area contributed by atoms with Gasteiger partial charge in [0, 0.05) is 0 Å². The Bertz CT molecular complexity index is 336. The third kappa shape index (κ3) is 2.62. The Morgan fingerprint density at radius 3 is 2.62 bits per heavy atom. The SMILES string of the molecule is Cc1ccc(C(C)(F)CC2CCNC2)cc1. The molecule has 2 unspecified atom stereocenters. The van der Waals surface area contributed by atoms with E-state index in [4.69, 9.17) is 0 Å². The van der Waals surface area contributed by atoms with Crippen molar-refractivity contribution >= 4 is 0 Å². The van der Waals surface area contributed by atoms with Gasteiger partial charge in [0.1, 0.15) is 5.67 Å². The average Bonchev–Trinajstić information content (AvgIpc) is 2.70. The number of benzene rings is 1. The molecule has 2 atom stereocenters. The highest BCUT2D eigenvalue weighted by Gasteiger charge is 2.30. The summed E-state index contributed by atoms with van der Waals surface area (Å²) in [4.78, 5) is 0. The Morgan fingerprint density at radius 2 is 2.06 bits per heavy atom.